The fraction of sp³-hybridized carbons (Fsp3) is 0.533. The Morgan fingerprint density at radius 3 is 2.72 bits per heavy atom. The molecule has 98 valence electrons. The molecule has 2 rings (SSSR count). The number of hydrogen-bond donors (Lipinski definition) is 0. The summed E-state index contributed by atoms with van der Waals surface area (Å²) >= 11 is 6.00. The zero-order valence-corrected chi connectivity index (χ0v) is 11.4. The molecule has 3 heteroatoms. The van der Waals surface area contributed by atoms with Crippen LogP contribution in [0.25, 0.3) is 0 Å². The van der Waals surface area contributed by atoms with Crippen molar-refractivity contribution in [3.63, 3.8) is 0 Å². The maximum atomic E-state index is 12.4. The molecule has 1 heterocycles. The van der Waals surface area contributed by atoms with E-state index in [-0.39, 0.29) is 11.9 Å². The second-order valence-corrected chi connectivity index (χ2v) is 5.22. The zero-order valence-electron chi connectivity index (χ0n) is 10.6. The van der Waals surface area contributed by atoms with E-state index in [2.05, 4.69) is 0 Å². The summed E-state index contributed by atoms with van der Waals surface area (Å²) in [4.78, 5) is 14.3. The number of halogens is 1. The molecule has 0 radical (unpaired) electrons. The molecule has 1 saturated heterocycles. The molecule has 0 spiro atoms. The van der Waals surface area contributed by atoms with Crippen molar-refractivity contribution in [3.8, 4) is 0 Å². The van der Waals surface area contributed by atoms with Crippen LogP contribution < -0.4 is 0 Å². The maximum absolute atomic E-state index is 12.4. The van der Waals surface area contributed by atoms with E-state index in [0.29, 0.717) is 12.3 Å². The van der Waals surface area contributed by atoms with Crippen molar-refractivity contribution in [2.75, 3.05) is 12.4 Å². The van der Waals surface area contributed by atoms with Crippen molar-refractivity contribution in [2.24, 2.45) is 0 Å². The van der Waals surface area contributed by atoms with Crippen molar-refractivity contribution in [3.05, 3.63) is 35.9 Å². The summed E-state index contributed by atoms with van der Waals surface area (Å²) in [5, 5.41) is 0. The zero-order chi connectivity index (χ0) is 12.8. The Hall–Kier alpha value is -1.02. The highest BCUT2D eigenvalue weighted by Crippen LogP contribution is 2.19. The number of carbonyl (C=O) groups excluding carboxylic acids is 1. The van der Waals surface area contributed by atoms with Crippen LogP contribution in [0.1, 0.15) is 31.2 Å². The van der Waals surface area contributed by atoms with E-state index in [4.69, 9.17) is 11.6 Å². The first kappa shape index (κ1) is 13.4. The second kappa shape index (κ2) is 6.79. The average Bonchev–Trinajstić information content (AvgIpc) is 2.64. The Balaban J connectivity index is 2.01. The standard InChI is InChI=1S/C15H20ClNO/c16-12-14-9-5-2-6-10-17(14)15(18)11-13-7-3-1-4-8-13/h1,3-4,7-8,14H,2,5-6,9-12H2. The molecule has 0 saturated carbocycles. The number of carbonyl (C=O) groups is 1. The first-order valence-corrected chi connectivity index (χ1v) is 7.24. The van der Waals surface area contributed by atoms with Crippen molar-refractivity contribution in [1.82, 2.24) is 4.90 Å². The highest BCUT2D eigenvalue weighted by Gasteiger charge is 2.24. The Morgan fingerprint density at radius 1 is 1.22 bits per heavy atom. The SMILES string of the molecule is O=C(Cc1ccccc1)N1CCCCCC1CCl. The number of benzene rings is 1. The second-order valence-electron chi connectivity index (χ2n) is 4.91. The Bertz CT molecular complexity index is 379. The maximum Gasteiger partial charge on any atom is 0.227 e. The monoisotopic (exact) mass is 265 g/mol. The summed E-state index contributed by atoms with van der Waals surface area (Å²) in [5.41, 5.74) is 1.08. The molecule has 2 nitrogen and oxygen atoms in total. The van der Waals surface area contributed by atoms with Crippen molar-refractivity contribution >= 4 is 17.5 Å². The molecule has 1 aliphatic rings. The van der Waals surface area contributed by atoms with Gasteiger partial charge in [0.2, 0.25) is 5.91 Å². The summed E-state index contributed by atoms with van der Waals surface area (Å²) in [6, 6.07) is 10.2. The molecule has 1 fully saturated rings. The van der Waals surface area contributed by atoms with Gasteiger partial charge in [0.15, 0.2) is 0 Å². The minimum absolute atomic E-state index is 0.216. The summed E-state index contributed by atoms with van der Waals surface area (Å²) in [5.74, 6) is 0.773. The van der Waals surface area contributed by atoms with Crippen LogP contribution in [-0.4, -0.2) is 29.3 Å². The summed E-state index contributed by atoms with van der Waals surface area (Å²) < 4.78 is 0. The van der Waals surface area contributed by atoms with Gasteiger partial charge in [0, 0.05) is 18.5 Å². The fourth-order valence-electron chi connectivity index (χ4n) is 2.54. The molecule has 0 aromatic heterocycles. The number of nitrogens with zero attached hydrogens (tertiary/aromatic N) is 1. The number of amides is 1. The predicted molar refractivity (Wildman–Crippen MR) is 74.8 cm³/mol. The van der Waals surface area contributed by atoms with Gasteiger partial charge in [-0.25, -0.2) is 0 Å². The Morgan fingerprint density at radius 2 is 2.00 bits per heavy atom. The molecule has 0 bridgehead atoms. The number of alkyl halides is 1. The highest BCUT2D eigenvalue weighted by molar-refractivity contribution is 6.18. The molecule has 1 atom stereocenters. The summed E-state index contributed by atoms with van der Waals surface area (Å²) in [6.45, 7) is 0.864. The van der Waals surface area contributed by atoms with Crippen LogP contribution >= 0.6 is 11.6 Å². The van der Waals surface area contributed by atoms with Crippen LogP contribution in [0.3, 0.4) is 0 Å². The van der Waals surface area contributed by atoms with Crippen molar-refractivity contribution in [2.45, 2.75) is 38.1 Å². The van der Waals surface area contributed by atoms with Gasteiger partial charge < -0.3 is 4.90 Å². The van der Waals surface area contributed by atoms with Gasteiger partial charge in [-0.15, -0.1) is 11.6 Å². The van der Waals surface area contributed by atoms with Gasteiger partial charge in [-0.3, -0.25) is 4.79 Å². The third kappa shape index (κ3) is 3.49. The number of hydrogen-bond acceptors (Lipinski definition) is 1. The van der Waals surface area contributed by atoms with Gasteiger partial charge in [-0.1, -0.05) is 43.2 Å². The van der Waals surface area contributed by atoms with E-state index >= 15 is 0 Å². The van der Waals surface area contributed by atoms with Crippen molar-refractivity contribution in [1.29, 1.82) is 0 Å². The topological polar surface area (TPSA) is 20.3 Å². The molecule has 18 heavy (non-hydrogen) atoms. The lowest BCUT2D eigenvalue weighted by molar-refractivity contribution is -0.132. The van der Waals surface area contributed by atoms with Crippen LogP contribution in [0.4, 0.5) is 0 Å². The molecule has 1 aromatic carbocycles. The lowest BCUT2D eigenvalue weighted by atomic mass is 10.1. The number of rotatable bonds is 3. The summed E-state index contributed by atoms with van der Waals surface area (Å²) in [6.07, 6.45) is 5.04. The Kier molecular flexibility index (Phi) is 5.06. The first-order chi connectivity index (χ1) is 8.81. The van der Waals surface area contributed by atoms with Crippen LogP contribution in [-0.2, 0) is 11.2 Å². The normalized spacial score (nSPS) is 20.5. The number of likely N-dealkylation sites (tertiary alicyclic amines) is 1. The molecular formula is C15H20ClNO. The van der Waals surface area contributed by atoms with Crippen LogP contribution in [0.15, 0.2) is 30.3 Å². The minimum atomic E-state index is 0.216. The lowest BCUT2D eigenvalue weighted by Gasteiger charge is -2.28. The molecule has 1 amide bonds. The lowest BCUT2D eigenvalue weighted by Crippen LogP contribution is -2.41. The third-order valence-corrected chi connectivity index (χ3v) is 3.93. The first-order valence-electron chi connectivity index (χ1n) is 6.70. The Labute approximate surface area is 114 Å². The van der Waals surface area contributed by atoms with Crippen LogP contribution in [0, 0.1) is 0 Å². The summed E-state index contributed by atoms with van der Waals surface area (Å²) in [7, 11) is 0. The quantitative estimate of drug-likeness (QED) is 0.769. The minimum Gasteiger partial charge on any atom is -0.338 e. The molecule has 1 aromatic rings. The van der Waals surface area contributed by atoms with E-state index < -0.39 is 0 Å². The molecule has 0 aliphatic carbocycles. The van der Waals surface area contributed by atoms with Gasteiger partial charge in [0.05, 0.1) is 6.42 Å². The molecular weight excluding hydrogens is 246 g/mol. The average molecular weight is 266 g/mol. The smallest absolute Gasteiger partial charge is 0.227 e. The van der Waals surface area contributed by atoms with Gasteiger partial charge in [0.25, 0.3) is 0 Å². The van der Waals surface area contributed by atoms with E-state index in [0.717, 1.165) is 24.9 Å². The van der Waals surface area contributed by atoms with E-state index in [1.54, 1.807) is 0 Å². The van der Waals surface area contributed by atoms with Gasteiger partial charge >= 0.3 is 0 Å². The van der Waals surface area contributed by atoms with Crippen molar-refractivity contribution < 1.29 is 4.79 Å². The fourth-order valence-corrected chi connectivity index (χ4v) is 2.86. The third-order valence-electron chi connectivity index (χ3n) is 3.57. The molecule has 1 unspecified atom stereocenters. The van der Waals surface area contributed by atoms with Gasteiger partial charge in [-0.2, -0.15) is 0 Å². The van der Waals surface area contributed by atoms with E-state index in [1.807, 2.05) is 35.2 Å². The van der Waals surface area contributed by atoms with E-state index in [1.165, 1.54) is 12.8 Å². The predicted octanol–water partition coefficient (Wildman–Crippen LogP) is 3.24. The largest absolute Gasteiger partial charge is 0.338 e. The van der Waals surface area contributed by atoms with E-state index in [9.17, 15) is 4.79 Å². The van der Waals surface area contributed by atoms with Crippen LogP contribution in [0.5, 0.6) is 0 Å². The van der Waals surface area contributed by atoms with Gasteiger partial charge in [-0.05, 0) is 18.4 Å². The highest BCUT2D eigenvalue weighted by atomic mass is 35.5. The van der Waals surface area contributed by atoms with Gasteiger partial charge in [0.1, 0.15) is 0 Å². The molecule has 0 N–H and O–H groups in total. The van der Waals surface area contributed by atoms with Crippen LogP contribution in [0.2, 0.25) is 0 Å². The molecule has 1 aliphatic heterocycles.